The van der Waals surface area contributed by atoms with E-state index in [2.05, 4.69) is 15.3 Å². The maximum atomic E-state index is 11.4. The van der Waals surface area contributed by atoms with Crippen LogP contribution in [0.4, 0.5) is 5.95 Å². The molecule has 18 heavy (non-hydrogen) atoms. The van der Waals surface area contributed by atoms with Crippen molar-refractivity contribution in [2.45, 2.75) is 32.2 Å². The Balaban J connectivity index is 2.30. The summed E-state index contributed by atoms with van der Waals surface area (Å²) in [6, 6.07) is 3.49. The topological polar surface area (TPSA) is 98.9 Å². The van der Waals surface area contributed by atoms with E-state index < -0.39 is 11.5 Å². The number of anilines is 1. The fourth-order valence-corrected chi connectivity index (χ4v) is 1.90. The highest BCUT2D eigenvalue weighted by Gasteiger charge is 2.48. The van der Waals surface area contributed by atoms with Crippen LogP contribution in [0.5, 0.6) is 0 Å². The average molecular weight is 246 g/mol. The molecule has 1 heterocycles. The molecule has 1 aliphatic carbocycles. The van der Waals surface area contributed by atoms with E-state index in [0.29, 0.717) is 5.69 Å². The third-order valence-electron chi connectivity index (χ3n) is 3.18. The van der Waals surface area contributed by atoms with Crippen molar-refractivity contribution < 1.29 is 9.90 Å². The molecule has 1 aromatic rings. The Morgan fingerprint density at radius 2 is 2.28 bits per heavy atom. The van der Waals surface area contributed by atoms with E-state index in [0.717, 1.165) is 12.8 Å². The fourth-order valence-electron chi connectivity index (χ4n) is 1.90. The third kappa shape index (κ3) is 2.25. The molecule has 1 unspecified atom stereocenters. The summed E-state index contributed by atoms with van der Waals surface area (Å²) in [5, 5.41) is 21.0. The van der Waals surface area contributed by atoms with Crippen molar-refractivity contribution in [2.24, 2.45) is 5.92 Å². The summed E-state index contributed by atoms with van der Waals surface area (Å²) in [5.74, 6) is -0.637. The molecule has 0 radical (unpaired) electrons. The molecule has 2 rings (SSSR count). The van der Waals surface area contributed by atoms with Crippen molar-refractivity contribution in [2.75, 3.05) is 5.32 Å². The van der Waals surface area contributed by atoms with Crippen molar-refractivity contribution in [3.8, 4) is 6.07 Å². The van der Waals surface area contributed by atoms with Crippen LogP contribution in [0.3, 0.4) is 0 Å². The molecule has 1 saturated carbocycles. The first-order valence-electron chi connectivity index (χ1n) is 5.73. The maximum Gasteiger partial charge on any atom is 0.329 e. The third-order valence-corrected chi connectivity index (χ3v) is 3.18. The number of aryl methyl sites for hydroxylation is 1. The van der Waals surface area contributed by atoms with Gasteiger partial charge in [0, 0.05) is 5.69 Å². The van der Waals surface area contributed by atoms with Crippen LogP contribution in [0.2, 0.25) is 0 Å². The Morgan fingerprint density at radius 1 is 1.61 bits per heavy atom. The number of nitrogens with one attached hydrogen (secondary N) is 1. The zero-order valence-corrected chi connectivity index (χ0v) is 10.3. The van der Waals surface area contributed by atoms with Crippen LogP contribution in [0.25, 0.3) is 0 Å². The predicted molar refractivity (Wildman–Crippen MR) is 63.9 cm³/mol. The summed E-state index contributed by atoms with van der Waals surface area (Å²) in [6.07, 6.45) is 1.76. The van der Waals surface area contributed by atoms with Gasteiger partial charge in [0.25, 0.3) is 0 Å². The fraction of sp³-hybridized carbons (Fsp3) is 0.500. The van der Waals surface area contributed by atoms with Gasteiger partial charge in [0.1, 0.15) is 17.3 Å². The van der Waals surface area contributed by atoms with Gasteiger partial charge in [-0.2, -0.15) is 5.26 Å². The van der Waals surface area contributed by atoms with E-state index in [1.54, 1.807) is 19.9 Å². The number of rotatable bonds is 4. The number of carboxylic acid groups (broad SMARTS) is 1. The molecule has 0 aromatic carbocycles. The molecular formula is C12H14N4O2. The van der Waals surface area contributed by atoms with Gasteiger partial charge in [0.05, 0.1) is 0 Å². The molecule has 0 amide bonds. The molecule has 0 aliphatic heterocycles. The Labute approximate surface area is 105 Å². The smallest absolute Gasteiger partial charge is 0.329 e. The summed E-state index contributed by atoms with van der Waals surface area (Å²) in [5.41, 5.74) is -0.207. The number of nitrogens with zero attached hydrogens (tertiary/aromatic N) is 3. The predicted octanol–water partition coefficient (Wildman–Crippen LogP) is 1.32. The molecule has 0 saturated heterocycles. The van der Waals surface area contributed by atoms with E-state index in [1.165, 1.54) is 0 Å². The second kappa shape index (κ2) is 4.26. The molecule has 94 valence electrons. The van der Waals surface area contributed by atoms with Gasteiger partial charge in [-0.1, -0.05) is 0 Å². The van der Waals surface area contributed by atoms with E-state index in [-0.39, 0.29) is 17.6 Å². The molecule has 6 nitrogen and oxygen atoms in total. The van der Waals surface area contributed by atoms with Crippen molar-refractivity contribution in [3.63, 3.8) is 0 Å². The molecule has 1 fully saturated rings. The van der Waals surface area contributed by atoms with Gasteiger partial charge < -0.3 is 10.4 Å². The monoisotopic (exact) mass is 246 g/mol. The molecule has 0 bridgehead atoms. The molecular weight excluding hydrogens is 232 g/mol. The number of hydrogen-bond donors (Lipinski definition) is 2. The van der Waals surface area contributed by atoms with Crippen molar-refractivity contribution >= 4 is 11.9 Å². The van der Waals surface area contributed by atoms with Gasteiger partial charge in [-0.25, -0.2) is 14.8 Å². The largest absolute Gasteiger partial charge is 0.480 e. The Bertz CT molecular complexity index is 533. The molecule has 1 aromatic heterocycles. The van der Waals surface area contributed by atoms with Crippen LogP contribution in [0.1, 0.15) is 31.2 Å². The average Bonchev–Trinajstić information content (AvgIpc) is 3.11. The van der Waals surface area contributed by atoms with Crippen LogP contribution in [-0.2, 0) is 4.79 Å². The zero-order valence-electron chi connectivity index (χ0n) is 10.3. The van der Waals surface area contributed by atoms with Gasteiger partial charge in [-0.05, 0) is 38.7 Å². The van der Waals surface area contributed by atoms with Gasteiger partial charge in [-0.3, -0.25) is 0 Å². The second-order valence-corrected chi connectivity index (χ2v) is 4.74. The van der Waals surface area contributed by atoms with Crippen LogP contribution in [0, 0.1) is 24.2 Å². The van der Waals surface area contributed by atoms with Gasteiger partial charge in [-0.15, -0.1) is 0 Å². The van der Waals surface area contributed by atoms with Gasteiger partial charge in [0.15, 0.2) is 0 Å². The van der Waals surface area contributed by atoms with E-state index in [1.807, 2.05) is 6.07 Å². The summed E-state index contributed by atoms with van der Waals surface area (Å²) in [4.78, 5) is 19.5. The number of nitriles is 1. The van der Waals surface area contributed by atoms with E-state index in [4.69, 9.17) is 5.26 Å². The summed E-state index contributed by atoms with van der Waals surface area (Å²) in [6.45, 7) is 3.37. The number of aromatic nitrogens is 2. The Hall–Kier alpha value is -2.16. The van der Waals surface area contributed by atoms with Crippen LogP contribution >= 0.6 is 0 Å². The van der Waals surface area contributed by atoms with Crippen LogP contribution in [-0.4, -0.2) is 26.6 Å². The zero-order chi connectivity index (χ0) is 13.3. The lowest BCUT2D eigenvalue weighted by Crippen LogP contribution is -2.46. The highest BCUT2D eigenvalue weighted by Crippen LogP contribution is 2.41. The first kappa shape index (κ1) is 12.3. The standard InChI is InChI=1S/C12H14N4O2/c1-7-5-9(6-13)15-11(14-7)16-12(2,10(17)18)8-3-4-8/h5,8H,3-4H2,1-2H3,(H,17,18)(H,14,15,16). The van der Waals surface area contributed by atoms with Gasteiger partial charge >= 0.3 is 5.97 Å². The minimum Gasteiger partial charge on any atom is -0.480 e. The summed E-state index contributed by atoms with van der Waals surface area (Å²) in [7, 11) is 0. The maximum absolute atomic E-state index is 11.4. The van der Waals surface area contributed by atoms with Crippen molar-refractivity contribution in [1.29, 1.82) is 5.26 Å². The van der Waals surface area contributed by atoms with Crippen LogP contribution in [0.15, 0.2) is 6.07 Å². The Kier molecular flexibility index (Phi) is 2.91. The second-order valence-electron chi connectivity index (χ2n) is 4.74. The number of carbonyl (C=O) groups is 1. The lowest BCUT2D eigenvalue weighted by Gasteiger charge is -2.26. The van der Waals surface area contributed by atoms with Crippen molar-refractivity contribution in [3.05, 3.63) is 17.5 Å². The summed E-state index contributed by atoms with van der Waals surface area (Å²) < 4.78 is 0. The minimum atomic E-state index is -1.07. The van der Waals surface area contributed by atoms with Crippen LogP contribution < -0.4 is 5.32 Å². The minimum absolute atomic E-state index is 0.0876. The normalized spacial score (nSPS) is 17.6. The number of hydrogen-bond acceptors (Lipinski definition) is 5. The van der Waals surface area contributed by atoms with Crippen molar-refractivity contribution in [1.82, 2.24) is 9.97 Å². The first-order valence-corrected chi connectivity index (χ1v) is 5.73. The highest BCUT2D eigenvalue weighted by molar-refractivity contribution is 5.82. The molecule has 1 aliphatic rings. The molecule has 2 N–H and O–H groups in total. The molecule has 1 atom stereocenters. The quantitative estimate of drug-likeness (QED) is 0.831. The lowest BCUT2D eigenvalue weighted by atomic mass is 9.96. The summed E-state index contributed by atoms with van der Waals surface area (Å²) >= 11 is 0. The molecule has 6 heteroatoms. The SMILES string of the molecule is Cc1cc(C#N)nc(NC(C)(C(=O)O)C2CC2)n1. The highest BCUT2D eigenvalue weighted by atomic mass is 16.4. The lowest BCUT2D eigenvalue weighted by molar-refractivity contribution is -0.142. The Morgan fingerprint density at radius 3 is 2.78 bits per heavy atom. The van der Waals surface area contributed by atoms with E-state index in [9.17, 15) is 9.90 Å². The number of carboxylic acids is 1. The number of aliphatic carboxylic acids is 1. The molecule has 0 spiro atoms. The first-order chi connectivity index (χ1) is 8.45. The van der Waals surface area contributed by atoms with E-state index >= 15 is 0 Å². The van der Waals surface area contributed by atoms with Gasteiger partial charge in [0.2, 0.25) is 5.95 Å².